The summed E-state index contributed by atoms with van der Waals surface area (Å²) in [5.41, 5.74) is 8.15. The molecule has 100 valence electrons. The fourth-order valence-electron chi connectivity index (χ4n) is 1.96. The third-order valence-corrected chi connectivity index (χ3v) is 2.97. The van der Waals surface area contributed by atoms with E-state index in [1.54, 1.807) is 6.20 Å². The molecule has 1 aromatic carbocycles. The van der Waals surface area contributed by atoms with Gasteiger partial charge in [0, 0.05) is 17.8 Å². The van der Waals surface area contributed by atoms with E-state index in [2.05, 4.69) is 24.0 Å². The summed E-state index contributed by atoms with van der Waals surface area (Å²) in [5, 5.41) is 0. The third-order valence-electron chi connectivity index (χ3n) is 2.97. The number of hydrogen-bond donors (Lipinski definition) is 1. The second-order valence-electron chi connectivity index (χ2n) is 4.68. The lowest BCUT2D eigenvalue weighted by Gasteiger charge is -2.12. The molecular weight excluding hydrogens is 236 g/mol. The van der Waals surface area contributed by atoms with Crippen LogP contribution >= 0.6 is 0 Å². The molecule has 0 spiro atoms. The van der Waals surface area contributed by atoms with Crippen LogP contribution in [0.3, 0.4) is 0 Å². The molecule has 1 atom stereocenters. The largest absolute Gasteiger partial charge is 0.439 e. The number of ether oxygens (including phenoxy) is 1. The average molecular weight is 256 g/mol. The predicted octanol–water partition coefficient (Wildman–Crippen LogP) is 3.85. The summed E-state index contributed by atoms with van der Waals surface area (Å²) in [6.45, 7) is 4.10. The van der Waals surface area contributed by atoms with Gasteiger partial charge < -0.3 is 10.5 Å². The van der Waals surface area contributed by atoms with Crippen LogP contribution in [0.1, 0.15) is 37.4 Å². The van der Waals surface area contributed by atoms with E-state index in [0.717, 1.165) is 24.2 Å². The van der Waals surface area contributed by atoms with Gasteiger partial charge >= 0.3 is 0 Å². The normalized spacial score (nSPS) is 12.2. The highest BCUT2D eigenvalue weighted by Gasteiger charge is 2.09. The van der Waals surface area contributed by atoms with Gasteiger partial charge in [0.05, 0.1) is 0 Å². The van der Waals surface area contributed by atoms with Crippen LogP contribution < -0.4 is 10.5 Å². The molecule has 0 saturated carbocycles. The van der Waals surface area contributed by atoms with Gasteiger partial charge in [0.2, 0.25) is 5.88 Å². The van der Waals surface area contributed by atoms with Gasteiger partial charge in [-0.05, 0) is 37.1 Å². The van der Waals surface area contributed by atoms with Gasteiger partial charge in [-0.2, -0.15) is 0 Å². The quantitative estimate of drug-likeness (QED) is 0.884. The van der Waals surface area contributed by atoms with Gasteiger partial charge in [-0.25, -0.2) is 4.98 Å². The lowest BCUT2D eigenvalue weighted by atomic mass is 10.1. The first kappa shape index (κ1) is 13.6. The molecule has 19 heavy (non-hydrogen) atoms. The van der Waals surface area contributed by atoms with E-state index < -0.39 is 0 Å². The van der Waals surface area contributed by atoms with E-state index in [9.17, 15) is 0 Å². The summed E-state index contributed by atoms with van der Waals surface area (Å²) in [6.07, 6.45) is 3.96. The fraction of sp³-hybridized carbons (Fsp3) is 0.312. The summed E-state index contributed by atoms with van der Waals surface area (Å²) in [7, 11) is 0. The Morgan fingerprint density at radius 2 is 1.95 bits per heavy atom. The number of aromatic nitrogens is 1. The van der Waals surface area contributed by atoms with Crippen molar-refractivity contribution in [3.8, 4) is 11.6 Å². The zero-order valence-corrected chi connectivity index (χ0v) is 11.5. The van der Waals surface area contributed by atoms with Crippen LogP contribution in [-0.4, -0.2) is 4.98 Å². The first-order chi connectivity index (χ1) is 9.20. The number of pyridine rings is 1. The van der Waals surface area contributed by atoms with Crippen molar-refractivity contribution in [1.29, 1.82) is 0 Å². The molecule has 0 radical (unpaired) electrons. The average Bonchev–Trinajstić information content (AvgIpc) is 2.42. The topological polar surface area (TPSA) is 48.1 Å². The number of hydrogen-bond acceptors (Lipinski definition) is 3. The molecule has 0 bridgehead atoms. The van der Waals surface area contributed by atoms with Crippen LogP contribution in [0.5, 0.6) is 11.6 Å². The first-order valence-electron chi connectivity index (χ1n) is 6.68. The van der Waals surface area contributed by atoms with Gasteiger partial charge in [-0.3, -0.25) is 0 Å². The van der Waals surface area contributed by atoms with E-state index in [4.69, 9.17) is 10.5 Å². The lowest BCUT2D eigenvalue weighted by Crippen LogP contribution is -2.07. The predicted molar refractivity (Wildman–Crippen MR) is 77.4 cm³/mol. The summed E-state index contributed by atoms with van der Waals surface area (Å²) < 4.78 is 5.81. The molecule has 1 aromatic heterocycles. The minimum absolute atomic E-state index is 0.0944. The van der Waals surface area contributed by atoms with Gasteiger partial charge in [-0.1, -0.05) is 31.5 Å². The van der Waals surface area contributed by atoms with Crippen LogP contribution in [0, 0.1) is 0 Å². The van der Waals surface area contributed by atoms with Gasteiger partial charge in [0.1, 0.15) is 5.75 Å². The number of nitrogens with two attached hydrogens (primary N) is 1. The fourth-order valence-corrected chi connectivity index (χ4v) is 1.96. The molecule has 0 aliphatic heterocycles. The van der Waals surface area contributed by atoms with Gasteiger partial charge in [-0.15, -0.1) is 0 Å². The summed E-state index contributed by atoms with van der Waals surface area (Å²) in [6, 6.07) is 11.9. The Kier molecular flexibility index (Phi) is 4.53. The van der Waals surface area contributed by atoms with Crippen molar-refractivity contribution in [3.63, 3.8) is 0 Å². The standard InChI is InChI=1S/C16H20N2O/c1-3-5-13-7-9-14(10-8-13)19-16-15(12(2)17)6-4-11-18-16/h4,6-12H,3,5,17H2,1-2H3. The van der Waals surface area contributed by atoms with Gasteiger partial charge in [0.25, 0.3) is 0 Å². The third kappa shape index (κ3) is 3.55. The number of nitrogens with zero attached hydrogens (tertiary/aromatic N) is 1. The van der Waals surface area contributed by atoms with Crippen molar-refractivity contribution in [2.24, 2.45) is 5.73 Å². The minimum atomic E-state index is -0.0944. The SMILES string of the molecule is CCCc1ccc(Oc2ncccc2C(C)N)cc1. The molecular formula is C16H20N2O. The smallest absolute Gasteiger partial charge is 0.223 e. The van der Waals surface area contributed by atoms with Crippen molar-refractivity contribution in [2.45, 2.75) is 32.7 Å². The van der Waals surface area contributed by atoms with E-state index >= 15 is 0 Å². The molecule has 1 unspecified atom stereocenters. The Balaban J connectivity index is 2.17. The van der Waals surface area contributed by atoms with Crippen molar-refractivity contribution >= 4 is 0 Å². The molecule has 0 amide bonds. The highest BCUT2D eigenvalue weighted by molar-refractivity contribution is 5.35. The van der Waals surface area contributed by atoms with E-state index in [0.29, 0.717) is 5.88 Å². The van der Waals surface area contributed by atoms with E-state index in [1.807, 2.05) is 31.2 Å². The maximum absolute atomic E-state index is 5.91. The zero-order valence-electron chi connectivity index (χ0n) is 11.5. The molecule has 0 saturated heterocycles. The second kappa shape index (κ2) is 6.34. The Morgan fingerprint density at radius 1 is 1.21 bits per heavy atom. The maximum atomic E-state index is 5.91. The molecule has 0 fully saturated rings. The molecule has 2 N–H and O–H groups in total. The highest BCUT2D eigenvalue weighted by Crippen LogP contribution is 2.26. The Hall–Kier alpha value is -1.87. The van der Waals surface area contributed by atoms with Crippen LogP contribution in [0.4, 0.5) is 0 Å². The van der Waals surface area contributed by atoms with E-state index in [-0.39, 0.29) is 6.04 Å². The number of aryl methyl sites for hydroxylation is 1. The first-order valence-corrected chi connectivity index (χ1v) is 6.68. The van der Waals surface area contributed by atoms with E-state index in [1.165, 1.54) is 5.56 Å². The van der Waals surface area contributed by atoms with Crippen LogP contribution in [-0.2, 0) is 6.42 Å². The number of benzene rings is 1. The summed E-state index contributed by atoms with van der Waals surface area (Å²) >= 11 is 0. The molecule has 2 aromatic rings. The van der Waals surface area contributed by atoms with Crippen LogP contribution in [0.25, 0.3) is 0 Å². The molecule has 3 nitrogen and oxygen atoms in total. The monoisotopic (exact) mass is 256 g/mol. The lowest BCUT2D eigenvalue weighted by molar-refractivity contribution is 0.452. The minimum Gasteiger partial charge on any atom is -0.439 e. The molecule has 3 heteroatoms. The highest BCUT2D eigenvalue weighted by atomic mass is 16.5. The number of rotatable bonds is 5. The molecule has 2 rings (SSSR count). The summed E-state index contributed by atoms with van der Waals surface area (Å²) in [5.74, 6) is 1.38. The molecule has 1 heterocycles. The Morgan fingerprint density at radius 3 is 2.58 bits per heavy atom. The van der Waals surface area contributed by atoms with Crippen molar-refractivity contribution in [2.75, 3.05) is 0 Å². The second-order valence-corrected chi connectivity index (χ2v) is 4.68. The van der Waals surface area contributed by atoms with Crippen molar-refractivity contribution in [1.82, 2.24) is 4.98 Å². The molecule has 0 aliphatic rings. The maximum Gasteiger partial charge on any atom is 0.223 e. The van der Waals surface area contributed by atoms with Crippen LogP contribution in [0.15, 0.2) is 42.6 Å². The van der Waals surface area contributed by atoms with Crippen molar-refractivity contribution in [3.05, 3.63) is 53.7 Å². The zero-order chi connectivity index (χ0) is 13.7. The van der Waals surface area contributed by atoms with Crippen LogP contribution in [0.2, 0.25) is 0 Å². The summed E-state index contributed by atoms with van der Waals surface area (Å²) in [4.78, 5) is 4.25. The van der Waals surface area contributed by atoms with Gasteiger partial charge in [0.15, 0.2) is 0 Å². The Bertz CT molecular complexity index is 521. The molecule has 0 aliphatic carbocycles. The van der Waals surface area contributed by atoms with Crippen molar-refractivity contribution < 1.29 is 4.74 Å². The Labute approximate surface area is 114 Å².